The molecule has 2 aliphatic rings. The molecule has 1 aliphatic heterocycles. The fourth-order valence-corrected chi connectivity index (χ4v) is 2.85. The second-order valence-corrected chi connectivity index (χ2v) is 5.10. The lowest BCUT2D eigenvalue weighted by atomic mass is 9.96. The first kappa shape index (κ1) is 11.2. The highest BCUT2D eigenvalue weighted by molar-refractivity contribution is 5.27. The van der Waals surface area contributed by atoms with Crippen molar-refractivity contribution in [2.45, 2.75) is 51.2 Å². The molecule has 0 radical (unpaired) electrons. The van der Waals surface area contributed by atoms with Crippen molar-refractivity contribution >= 4 is 0 Å². The number of aryl methyl sites for hydroxylation is 1. The Labute approximate surface area is 102 Å². The maximum atomic E-state index is 5.59. The molecule has 0 amide bonds. The van der Waals surface area contributed by atoms with Gasteiger partial charge in [-0.2, -0.15) is 5.10 Å². The summed E-state index contributed by atoms with van der Waals surface area (Å²) in [7, 11) is 0. The van der Waals surface area contributed by atoms with E-state index in [4.69, 9.17) is 4.74 Å². The minimum absolute atomic E-state index is 0.421. The van der Waals surface area contributed by atoms with Gasteiger partial charge >= 0.3 is 0 Å². The zero-order chi connectivity index (χ0) is 11.5. The first-order valence-electron chi connectivity index (χ1n) is 6.81. The number of nitrogens with one attached hydrogen (secondary N) is 2. The van der Waals surface area contributed by atoms with Crippen LogP contribution in [0.2, 0.25) is 0 Å². The van der Waals surface area contributed by atoms with E-state index in [-0.39, 0.29) is 0 Å². The molecule has 1 aliphatic carbocycles. The summed E-state index contributed by atoms with van der Waals surface area (Å²) in [5.41, 5.74) is 4.05. The molecular formula is C13H21N3O. The first-order valence-corrected chi connectivity index (χ1v) is 6.81. The van der Waals surface area contributed by atoms with Gasteiger partial charge in [0.1, 0.15) is 0 Å². The maximum absolute atomic E-state index is 5.59. The van der Waals surface area contributed by atoms with E-state index in [1.165, 1.54) is 55.5 Å². The predicted molar refractivity (Wildman–Crippen MR) is 65.9 cm³/mol. The Kier molecular flexibility index (Phi) is 3.43. The van der Waals surface area contributed by atoms with Gasteiger partial charge in [-0.15, -0.1) is 0 Å². The highest BCUT2D eigenvalue weighted by Crippen LogP contribution is 2.22. The van der Waals surface area contributed by atoms with Crippen molar-refractivity contribution in [2.24, 2.45) is 0 Å². The van der Waals surface area contributed by atoms with Gasteiger partial charge in [0, 0.05) is 25.4 Å². The van der Waals surface area contributed by atoms with Gasteiger partial charge in [-0.3, -0.25) is 5.10 Å². The van der Waals surface area contributed by atoms with Crippen LogP contribution in [0.5, 0.6) is 0 Å². The lowest BCUT2D eigenvalue weighted by Crippen LogP contribution is -2.26. The molecule has 0 saturated carbocycles. The van der Waals surface area contributed by atoms with Crippen molar-refractivity contribution in [2.75, 3.05) is 13.2 Å². The molecule has 1 aromatic heterocycles. The molecule has 3 rings (SSSR count). The van der Waals surface area contributed by atoms with Crippen LogP contribution >= 0.6 is 0 Å². The van der Waals surface area contributed by atoms with Crippen LogP contribution in [0, 0.1) is 0 Å². The Balaban J connectivity index is 1.52. The highest BCUT2D eigenvalue weighted by atomic mass is 16.5. The number of hydrogen-bond donors (Lipinski definition) is 2. The van der Waals surface area contributed by atoms with E-state index in [0.717, 1.165) is 19.7 Å². The predicted octanol–water partition coefficient (Wildman–Crippen LogP) is 1.56. The number of rotatable bonds is 4. The van der Waals surface area contributed by atoms with Crippen molar-refractivity contribution in [1.29, 1.82) is 0 Å². The Morgan fingerprint density at radius 2 is 2.24 bits per heavy atom. The minimum atomic E-state index is 0.421. The zero-order valence-corrected chi connectivity index (χ0v) is 10.3. The fraction of sp³-hybridized carbons (Fsp3) is 0.769. The molecule has 0 spiro atoms. The van der Waals surface area contributed by atoms with Crippen LogP contribution in [0.25, 0.3) is 0 Å². The van der Waals surface area contributed by atoms with Gasteiger partial charge in [0.05, 0.1) is 11.8 Å². The highest BCUT2D eigenvalue weighted by Gasteiger charge is 2.18. The van der Waals surface area contributed by atoms with Gasteiger partial charge in [-0.05, 0) is 44.1 Å². The summed E-state index contributed by atoms with van der Waals surface area (Å²) in [4.78, 5) is 0. The van der Waals surface area contributed by atoms with E-state index in [1.807, 2.05) is 0 Å². The van der Waals surface area contributed by atoms with Crippen LogP contribution in [0.15, 0.2) is 0 Å². The Morgan fingerprint density at radius 3 is 3.12 bits per heavy atom. The summed E-state index contributed by atoms with van der Waals surface area (Å²) in [6.07, 6.45) is 7.82. The van der Waals surface area contributed by atoms with E-state index in [2.05, 4.69) is 15.5 Å². The van der Waals surface area contributed by atoms with Crippen molar-refractivity contribution in [3.8, 4) is 0 Å². The SMILES string of the molecule is C1CCc2c(CNCC3CCCO3)n[nH]c2C1. The molecular weight excluding hydrogens is 214 g/mol. The fourth-order valence-electron chi connectivity index (χ4n) is 2.85. The van der Waals surface area contributed by atoms with Crippen molar-refractivity contribution in [3.63, 3.8) is 0 Å². The molecule has 1 unspecified atom stereocenters. The number of nitrogens with zero attached hydrogens (tertiary/aromatic N) is 1. The van der Waals surface area contributed by atoms with Gasteiger partial charge in [0.2, 0.25) is 0 Å². The minimum Gasteiger partial charge on any atom is -0.377 e. The van der Waals surface area contributed by atoms with Gasteiger partial charge < -0.3 is 10.1 Å². The third-order valence-electron chi connectivity index (χ3n) is 3.83. The number of aromatic amines is 1. The van der Waals surface area contributed by atoms with Crippen LogP contribution in [0.1, 0.15) is 42.6 Å². The topological polar surface area (TPSA) is 49.9 Å². The van der Waals surface area contributed by atoms with Gasteiger partial charge in [0.15, 0.2) is 0 Å². The second-order valence-electron chi connectivity index (χ2n) is 5.10. The molecule has 1 aromatic rings. The number of fused-ring (bicyclic) bond motifs is 1. The average molecular weight is 235 g/mol. The molecule has 1 fully saturated rings. The number of hydrogen-bond acceptors (Lipinski definition) is 3. The molecule has 1 atom stereocenters. The second kappa shape index (κ2) is 5.19. The Morgan fingerprint density at radius 1 is 1.29 bits per heavy atom. The Bertz CT molecular complexity index is 369. The van der Waals surface area contributed by atoms with E-state index < -0.39 is 0 Å². The smallest absolute Gasteiger partial charge is 0.0794 e. The summed E-state index contributed by atoms with van der Waals surface area (Å²) in [5.74, 6) is 0. The molecule has 1 saturated heterocycles. The van der Waals surface area contributed by atoms with Crippen molar-refractivity contribution in [1.82, 2.24) is 15.5 Å². The Hall–Kier alpha value is -0.870. The van der Waals surface area contributed by atoms with Crippen LogP contribution in [-0.2, 0) is 24.1 Å². The van der Waals surface area contributed by atoms with Crippen LogP contribution < -0.4 is 5.32 Å². The largest absolute Gasteiger partial charge is 0.377 e. The molecule has 0 bridgehead atoms. The van der Waals surface area contributed by atoms with E-state index in [0.29, 0.717) is 6.10 Å². The summed E-state index contributed by atoms with van der Waals surface area (Å²) in [5, 5.41) is 11.1. The third-order valence-corrected chi connectivity index (χ3v) is 3.83. The van der Waals surface area contributed by atoms with Crippen molar-refractivity contribution < 1.29 is 4.74 Å². The van der Waals surface area contributed by atoms with Gasteiger partial charge in [-0.1, -0.05) is 0 Å². The quantitative estimate of drug-likeness (QED) is 0.832. The average Bonchev–Trinajstić information content (AvgIpc) is 2.99. The normalized spacial score (nSPS) is 23.9. The van der Waals surface area contributed by atoms with Crippen molar-refractivity contribution in [3.05, 3.63) is 17.0 Å². The zero-order valence-electron chi connectivity index (χ0n) is 10.3. The van der Waals surface area contributed by atoms with Crippen LogP contribution in [0.4, 0.5) is 0 Å². The maximum Gasteiger partial charge on any atom is 0.0794 e. The van der Waals surface area contributed by atoms with Crippen LogP contribution in [0.3, 0.4) is 0 Å². The summed E-state index contributed by atoms with van der Waals surface area (Å²) in [6.45, 7) is 2.78. The summed E-state index contributed by atoms with van der Waals surface area (Å²) in [6, 6.07) is 0. The van der Waals surface area contributed by atoms with Gasteiger partial charge in [0.25, 0.3) is 0 Å². The monoisotopic (exact) mass is 235 g/mol. The molecule has 4 nitrogen and oxygen atoms in total. The first-order chi connectivity index (χ1) is 8.43. The molecule has 4 heteroatoms. The molecule has 0 aromatic carbocycles. The van der Waals surface area contributed by atoms with E-state index >= 15 is 0 Å². The third kappa shape index (κ3) is 2.53. The van der Waals surface area contributed by atoms with E-state index in [1.54, 1.807) is 0 Å². The standard InChI is InChI=1S/C13H21N3O/c1-2-6-12-11(5-1)13(16-15-12)9-14-8-10-4-3-7-17-10/h10,14H,1-9H2,(H,15,16). The summed E-state index contributed by atoms with van der Waals surface area (Å²) >= 11 is 0. The lowest BCUT2D eigenvalue weighted by Gasteiger charge is -2.13. The lowest BCUT2D eigenvalue weighted by molar-refractivity contribution is 0.110. The van der Waals surface area contributed by atoms with Gasteiger partial charge in [-0.25, -0.2) is 0 Å². The number of aromatic nitrogens is 2. The number of ether oxygens (including phenoxy) is 1. The van der Waals surface area contributed by atoms with Crippen LogP contribution in [-0.4, -0.2) is 29.5 Å². The molecule has 94 valence electrons. The van der Waals surface area contributed by atoms with E-state index in [9.17, 15) is 0 Å². The summed E-state index contributed by atoms with van der Waals surface area (Å²) < 4.78 is 5.59. The molecule has 17 heavy (non-hydrogen) atoms. The molecule has 2 heterocycles. The number of H-pyrrole nitrogens is 1. The molecule has 2 N–H and O–H groups in total.